The summed E-state index contributed by atoms with van der Waals surface area (Å²) in [6, 6.07) is 7.82. The fourth-order valence-electron chi connectivity index (χ4n) is 2.51. The van der Waals surface area contributed by atoms with E-state index < -0.39 is 11.2 Å². The van der Waals surface area contributed by atoms with Crippen molar-refractivity contribution in [1.82, 2.24) is 14.8 Å². The molecule has 0 bridgehead atoms. The van der Waals surface area contributed by atoms with Gasteiger partial charge in [-0.05, 0) is 49.8 Å². The smallest absolute Gasteiger partial charge is 0.349 e. The number of H-pyrrole nitrogens is 1. The maximum absolute atomic E-state index is 11.9. The number of nitrogens with zero attached hydrogens (tertiary/aromatic N) is 2. The summed E-state index contributed by atoms with van der Waals surface area (Å²) in [6.45, 7) is 4.23. The van der Waals surface area contributed by atoms with E-state index >= 15 is 0 Å². The minimum Gasteiger partial charge on any atom is -0.508 e. The Kier molecular flexibility index (Phi) is 6.08. The second-order valence-electron chi connectivity index (χ2n) is 6.22. The van der Waals surface area contributed by atoms with Crippen LogP contribution < -0.4 is 16.0 Å². The van der Waals surface area contributed by atoms with Crippen molar-refractivity contribution in [3.05, 3.63) is 73.0 Å². The van der Waals surface area contributed by atoms with E-state index in [1.165, 1.54) is 12.1 Å². The van der Waals surface area contributed by atoms with Gasteiger partial charge in [-0.3, -0.25) is 9.78 Å². The molecule has 7 nitrogen and oxygen atoms in total. The SMILES string of the molecule is CP(C)Cc1cc(Oc2c(Cl)cc(-n3ncc(=O)[nH]c3=O)cc2Cl)ccc1O. The standard InChI is InChI=1S/C18H16Cl2N3O4P/c1-28(2)9-10-5-12(3-4-15(10)24)27-17-13(19)6-11(7-14(17)20)23-18(26)22-16(25)8-21-23/h3-8,24H,9H2,1-2H3,(H,22,25,26). The van der Waals surface area contributed by atoms with Crippen molar-refractivity contribution in [3.8, 4) is 22.9 Å². The number of aromatic hydroxyl groups is 1. The number of phenolic OH excluding ortho intramolecular Hbond substituents is 1. The molecule has 0 spiro atoms. The maximum atomic E-state index is 11.9. The lowest BCUT2D eigenvalue weighted by atomic mass is 10.2. The van der Waals surface area contributed by atoms with Crippen LogP contribution in [0.5, 0.6) is 17.2 Å². The quantitative estimate of drug-likeness (QED) is 0.586. The molecule has 3 rings (SSSR count). The number of aromatic amines is 1. The van der Waals surface area contributed by atoms with E-state index in [1.807, 2.05) is 0 Å². The van der Waals surface area contributed by atoms with Gasteiger partial charge in [-0.2, -0.15) is 9.78 Å². The molecule has 0 aliphatic carbocycles. The van der Waals surface area contributed by atoms with Gasteiger partial charge in [0.15, 0.2) is 5.75 Å². The van der Waals surface area contributed by atoms with Gasteiger partial charge in [-0.15, -0.1) is 7.92 Å². The Morgan fingerprint density at radius 3 is 2.46 bits per heavy atom. The van der Waals surface area contributed by atoms with Crippen LogP contribution in [0.15, 0.2) is 46.1 Å². The van der Waals surface area contributed by atoms with E-state index in [9.17, 15) is 14.7 Å². The van der Waals surface area contributed by atoms with Gasteiger partial charge in [0.1, 0.15) is 17.7 Å². The van der Waals surface area contributed by atoms with Gasteiger partial charge >= 0.3 is 5.69 Å². The second kappa shape index (κ2) is 8.35. The lowest BCUT2D eigenvalue weighted by Gasteiger charge is -2.14. The first-order valence-corrected chi connectivity index (χ1v) is 11.2. The zero-order valence-corrected chi connectivity index (χ0v) is 17.3. The third kappa shape index (κ3) is 4.55. The van der Waals surface area contributed by atoms with Crippen LogP contribution in [0.4, 0.5) is 0 Å². The number of halogens is 2. The molecule has 0 atom stereocenters. The van der Waals surface area contributed by atoms with Gasteiger partial charge in [0, 0.05) is 5.56 Å². The predicted octanol–water partition coefficient (Wildman–Crippen LogP) is 3.97. The summed E-state index contributed by atoms with van der Waals surface area (Å²) in [6.07, 6.45) is 1.72. The van der Waals surface area contributed by atoms with Crippen molar-refractivity contribution in [3.63, 3.8) is 0 Å². The minimum atomic E-state index is -0.716. The topological polar surface area (TPSA) is 97.2 Å². The molecule has 0 radical (unpaired) electrons. The lowest BCUT2D eigenvalue weighted by Crippen LogP contribution is -2.30. The molecule has 28 heavy (non-hydrogen) atoms. The molecule has 3 aromatic rings. The minimum absolute atomic E-state index is 0.158. The summed E-state index contributed by atoms with van der Waals surface area (Å²) in [5.74, 6) is 0.886. The molecule has 2 aromatic carbocycles. The molecule has 0 saturated carbocycles. The molecule has 146 valence electrons. The van der Waals surface area contributed by atoms with Crippen LogP contribution >= 0.6 is 31.1 Å². The van der Waals surface area contributed by atoms with Gasteiger partial charge in [0.25, 0.3) is 5.56 Å². The van der Waals surface area contributed by atoms with Crippen LogP contribution in [-0.2, 0) is 6.16 Å². The first-order valence-electron chi connectivity index (χ1n) is 8.07. The summed E-state index contributed by atoms with van der Waals surface area (Å²) in [5, 5.41) is 14.1. The Morgan fingerprint density at radius 1 is 1.18 bits per heavy atom. The molecule has 10 heteroatoms. The highest BCUT2D eigenvalue weighted by Crippen LogP contribution is 2.40. The van der Waals surface area contributed by atoms with E-state index in [4.69, 9.17) is 27.9 Å². The maximum Gasteiger partial charge on any atom is 0.349 e. The normalized spacial score (nSPS) is 11.0. The number of phenols is 1. The highest BCUT2D eigenvalue weighted by Gasteiger charge is 2.15. The van der Waals surface area contributed by atoms with Gasteiger partial charge in [-0.25, -0.2) is 4.79 Å². The highest BCUT2D eigenvalue weighted by molar-refractivity contribution is 7.55. The highest BCUT2D eigenvalue weighted by atomic mass is 35.5. The van der Waals surface area contributed by atoms with E-state index in [-0.39, 0.29) is 35.2 Å². The lowest BCUT2D eigenvalue weighted by molar-refractivity contribution is 0.460. The molecule has 0 unspecified atom stereocenters. The average Bonchev–Trinajstić information content (AvgIpc) is 2.60. The number of rotatable bonds is 5. The Morgan fingerprint density at radius 2 is 1.86 bits per heavy atom. The van der Waals surface area contributed by atoms with Crippen LogP contribution in [0.25, 0.3) is 5.69 Å². The van der Waals surface area contributed by atoms with Crippen LogP contribution in [0.1, 0.15) is 5.56 Å². The summed E-state index contributed by atoms with van der Waals surface area (Å²) < 4.78 is 6.79. The third-order valence-electron chi connectivity index (χ3n) is 3.70. The van der Waals surface area contributed by atoms with Crippen LogP contribution in [0.3, 0.4) is 0 Å². The molecular formula is C18H16Cl2N3O4P. The number of ether oxygens (including phenoxy) is 1. The van der Waals surface area contributed by atoms with Crippen molar-refractivity contribution < 1.29 is 9.84 Å². The average molecular weight is 440 g/mol. The molecule has 0 saturated heterocycles. The predicted molar refractivity (Wildman–Crippen MR) is 111 cm³/mol. The van der Waals surface area contributed by atoms with Gasteiger partial charge in [0.05, 0.1) is 15.7 Å². The number of hydrogen-bond donors (Lipinski definition) is 2. The largest absolute Gasteiger partial charge is 0.508 e. The third-order valence-corrected chi connectivity index (χ3v) is 5.23. The Hall–Kier alpha value is -2.34. The zero-order chi connectivity index (χ0) is 20.4. The fourth-order valence-corrected chi connectivity index (χ4v) is 4.00. The number of hydrogen-bond acceptors (Lipinski definition) is 5. The summed E-state index contributed by atoms with van der Waals surface area (Å²) >= 11 is 12.6. The number of nitrogens with one attached hydrogen (secondary N) is 1. The molecule has 0 amide bonds. The van der Waals surface area contributed by atoms with Gasteiger partial charge in [-0.1, -0.05) is 23.2 Å². The summed E-state index contributed by atoms with van der Waals surface area (Å²) in [5.41, 5.74) is -0.268. The van der Waals surface area contributed by atoms with Crippen molar-refractivity contribution >= 4 is 31.1 Å². The fraction of sp³-hybridized carbons (Fsp3) is 0.167. The molecule has 0 aliphatic heterocycles. The zero-order valence-electron chi connectivity index (χ0n) is 14.9. The van der Waals surface area contributed by atoms with E-state index in [0.717, 1.165) is 22.6 Å². The van der Waals surface area contributed by atoms with E-state index in [2.05, 4.69) is 23.4 Å². The molecule has 1 aromatic heterocycles. The van der Waals surface area contributed by atoms with Crippen LogP contribution in [0.2, 0.25) is 10.0 Å². The molecule has 2 N–H and O–H groups in total. The molecule has 1 heterocycles. The van der Waals surface area contributed by atoms with Crippen molar-refractivity contribution in [2.24, 2.45) is 0 Å². The van der Waals surface area contributed by atoms with Gasteiger partial charge in [0.2, 0.25) is 0 Å². The van der Waals surface area contributed by atoms with Crippen molar-refractivity contribution in [1.29, 1.82) is 0 Å². The Balaban J connectivity index is 1.96. The summed E-state index contributed by atoms with van der Waals surface area (Å²) in [4.78, 5) is 25.2. The number of aromatic nitrogens is 3. The molecule has 0 aliphatic rings. The van der Waals surface area contributed by atoms with E-state index in [0.29, 0.717) is 5.75 Å². The number of benzene rings is 2. The molecular weight excluding hydrogens is 424 g/mol. The second-order valence-corrected chi connectivity index (χ2v) is 9.51. The van der Waals surface area contributed by atoms with Crippen molar-refractivity contribution in [2.75, 3.05) is 13.3 Å². The Labute approximate surface area is 171 Å². The van der Waals surface area contributed by atoms with Crippen LogP contribution in [-0.4, -0.2) is 33.2 Å². The molecule has 0 fully saturated rings. The first kappa shape index (κ1) is 20.4. The monoisotopic (exact) mass is 439 g/mol. The van der Waals surface area contributed by atoms with E-state index in [1.54, 1.807) is 18.2 Å². The Bertz CT molecular complexity index is 1120. The first-order chi connectivity index (χ1) is 13.2. The van der Waals surface area contributed by atoms with Gasteiger partial charge < -0.3 is 9.84 Å². The summed E-state index contributed by atoms with van der Waals surface area (Å²) in [7, 11) is -0.245. The van der Waals surface area contributed by atoms with Crippen molar-refractivity contribution in [2.45, 2.75) is 6.16 Å². The van der Waals surface area contributed by atoms with Crippen LogP contribution in [0, 0.1) is 0 Å².